The zero-order valence-electron chi connectivity index (χ0n) is 15.2. The van der Waals surface area contributed by atoms with Crippen molar-refractivity contribution in [1.82, 2.24) is 24.2 Å². The second kappa shape index (κ2) is 7.69. The zero-order chi connectivity index (χ0) is 19.6. The van der Waals surface area contributed by atoms with Gasteiger partial charge >= 0.3 is 0 Å². The Morgan fingerprint density at radius 1 is 1.07 bits per heavy atom. The molecule has 1 fully saturated rings. The highest BCUT2D eigenvalue weighted by Crippen LogP contribution is 2.25. The molecule has 1 atom stereocenters. The first kappa shape index (κ1) is 18.6. The molecule has 0 saturated carbocycles. The lowest BCUT2D eigenvalue weighted by atomic mass is 10.0. The Morgan fingerprint density at radius 3 is 2.68 bits per heavy atom. The first-order valence-electron chi connectivity index (χ1n) is 9.20. The van der Waals surface area contributed by atoms with Crippen molar-refractivity contribution in [1.29, 1.82) is 0 Å². The quantitative estimate of drug-likeness (QED) is 0.703. The minimum atomic E-state index is -3.72. The second-order valence-corrected chi connectivity index (χ2v) is 8.59. The standard InChI is InChI=1S/C19H21N5O3S/c25-19(20-14-18-22-21-17-11-5-6-12-23(17)18)16-10-4-7-13-24(16)28(26,27)15-8-2-1-3-9-15/h1-3,5-6,8-9,11-12,16H,4,7,10,13-14H2,(H,20,25)/t16-/m0/s1. The molecule has 2 aromatic heterocycles. The maximum atomic E-state index is 13.0. The zero-order valence-corrected chi connectivity index (χ0v) is 16.0. The van der Waals surface area contributed by atoms with E-state index in [4.69, 9.17) is 0 Å². The smallest absolute Gasteiger partial charge is 0.243 e. The average molecular weight is 399 g/mol. The number of amides is 1. The molecule has 1 aromatic carbocycles. The van der Waals surface area contributed by atoms with Crippen LogP contribution in [0.2, 0.25) is 0 Å². The van der Waals surface area contributed by atoms with E-state index in [-0.39, 0.29) is 17.3 Å². The van der Waals surface area contributed by atoms with E-state index < -0.39 is 16.1 Å². The average Bonchev–Trinajstić information content (AvgIpc) is 3.16. The van der Waals surface area contributed by atoms with Crippen molar-refractivity contribution in [2.45, 2.75) is 36.7 Å². The predicted octanol–water partition coefficient (Wildman–Crippen LogP) is 1.59. The molecule has 9 heteroatoms. The number of nitrogens with zero attached hydrogens (tertiary/aromatic N) is 4. The van der Waals surface area contributed by atoms with Gasteiger partial charge in [0.2, 0.25) is 15.9 Å². The molecule has 1 amide bonds. The Hall–Kier alpha value is -2.78. The van der Waals surface area contributed by atoms with E-state index in [2.05, 4.69) is 15.5 Å². The van der Waals surface area contributed by atoms with Crippen molar-refractivity contribution in [3.05, 3.63) is 60.6 Å². The lowest BCUT2D eigenvalue weighted by Gasteiger charge is -2.33. The summed E-state index contributed by atoms with van der Waals surface area (Å²) < 4.78 is 29.2. The number of pyridine rings is 1. The fraction of sp³-hybridized carbons (Fsp3) is 0.316. The van der Waals surface area contributed by atoms with Crippen molar-refractivity contribution in [3.63, 3.8) is 0 Å². The van der Waals surface area contributed by atoms with E-state index in [0.717, 1.165) is 12.8 Å². The van der Waals surface area contributed by atoms with E-state index in [0.29, 0.717) is 24.4 Å². The van der Waals surface area contributed by atoms with Gasteiger partial charge in [-0.3, -0.25) is 9.20 Å². The molecular weight excluding hydrogens is 378 g/mol. The highest BCUT2D eigenvalue weighted by molar-refractivity contribution is 7.89. The minimum absolute atomic E-state index is 0.180. The van der Waals surface area contributed by atoms with Crippen LogP contribution in [0.5, 0.6) is 0 Å². The molecule has 0 radical (unpaired) electrons. The van der Waals surface area contributed by atoms with Crippen LogP contribution in [-0.4, -0.2) is 45.8 Å². The first-order chi connectivity index (χ1) is 13.6. The summed E-state index contributed by atoms with van der Waals surface area (Å²) in [7, 11) is -3.72. The molecule has 0 unspecified atom stereocenters. The molecule has 146 valence electrons. The molecule has 1 aliphatic heterocycles. The molecule has 1 saturated heterocycles. The second-order valence-electron chi connectivity index (χ2n) is 6.70. The third-order valence-electron chi connectivity index (χ3n) is 4.91. The summed E-state index contributed by atoms with van der Waals surface area (Å²) in [6.07, 6.45) is 3.87. The van der Waals surface area contributed by atoms with E-state index in [1.54, 1.807) is 34.7 Å². The molecule has 4 rings (SSSR count). The van der Waals surface area contributed by atoms with Crippen molar-refractivity contribution in [3.8, 4) is 0 Å². The maximum absolute atomic E-state index is 13.0. The lowest BCUT2D eigenvalue weighted by molar-refractivity contribution is -0.125. The van der Waals surface area contributed by atoms with Crippen LogP contribution in [-0.2, 0) is 21.4 Å². The molecule has 0 aliphatic carbocycles. The molecule has 8 nitrogen and oxygen atoms in total. The SMILES string of the molecule is O=C(NCc1nnc2ccccn12)[C@@H]1CCCCN1S(=O)(=O)c1ccccc1. The monoisotopic (exact) mass is 399 g/mol. The number of aromatic nitrogens is 3. The minimum Gasteiger partial charge on any atom is -0.347 e. The van der Waals surface area contributed by atoms with E-state index in [1.807, 2.05) is 24.4 Å². The van der Waals surface area contributed by atoms with Crippen molar-refractivity contribution >= 4 is 21.6 Å². The Kier molecular flexibility index (Phi) is 5.10. The number of piperidine rings is 1. The topological polar surface area (TPSA) is 96.7 Å². The third kappa shape index (κ3) is 3.50. The summed E-state index contributed by atoms with van der Waals surface area (Å²) in [5.74, 6) is 0.282. The number of rotatable bonds is 5. The van der Waals surface area contributed by atoms with Crippen molar-refractivity contribution in [2.24, 2.45) is 0 Å². The number of hydrogen-bond donors (Lipinski definition) is 1. The molecule has 0 spiro atoms. The normalized spacial score (nSPS) is 18.2. The first-order valence-corrected chi connectivity index (χ1v) is 10.6. The molecule has 3 aromatic rings. The van der Waals surface area contributed by atoms with Gasteiger partial charge in [0.05, 0.1) is 11.4 Å². The van der Waals surface area contributed by atoms with Crippen LogP contribution in [0.3, 0.4) is 0 Å². The Labute approximate surface area is 163 Å². The van der Waals surface area contributed by atoms with Crippen molar-refractivity contribution in [2.75, 3.05) is 6.54 Å². The number of fused-ring (bicyclic) bond motifs is 1. The highest BCUT2D eigenvalue weighted by atomic mass is 32.2. The van der Waals surface area contributed by atoms with Gasteiger partial charge in [-0.05, 0) is 37.1 Å². The molecular formula is C19H21N5O3S. The van der Waals surface area contributed by atoms with E-state index >= 15 is 0 Å². The number of hydrogen-bond acceptors (Lipinski definition) is 5. The Morgan fingerprint density at radius 2 is 1.86 bits per heavy atom. The Balaban J connectivity index is 1.52. The van der Waals surface area contributed by atoms with Crippen LogP contribution < -0.4 is 5.32 Å². The number of carbonyl (C=O) groups excluding carboxylic acids is 1. The van der Waals surface area contributed by atoms with Crippen LogP contribution in [0.15, 0.2) is 59.6 Å². The summed E-state index contributed by atoms with van der Waals surface area (Å²) >= 11 is 0. The summed E-state index contributed by atoms with van der Waals surface area (Å²) in [6.45, 7) is 0.517. The van der Waals surface area contributed by atoms with Gasteiger partial charge in [-0.2, -0.15) is 4.31 Å². The number of benzene rings is 1. The number of carbonyl (C=O) groups is 1. The van der Waals surface area contributed by atoms with Crippen LogP contribution in [0.4, 0.5) is 0 Å². The van der Waals surface area contributed by atoms with Gasteiger partial charge in [0.25, 0.3) is 0 Å². The van der Waals surface area contributed by atoms with E-state index in [9.17, 15) is 13.2 Å². The maximum Gasteiger partial charge on any atom is 0.243 e. The lowest BCUT2D eigenvalue weighted by Crippen LogP contribution is -2.51. The molecule has 0 bridgehead atoms. The molecule has 1 N–H and O–H groups in total. The van der Waals surface area contributed by atoms with Gasteiger partial charge in [-0.25, -0.2) is 8.42 Å². The molecule has 28 heavy (non-hydrogen) atoms. The summed E-state index contributed by atoms with van der Waals surface area (Å²) in [6, 6.07) is 13.1. The summed E-state index contributed by atoms with van der Waals surface area (Å²) in [4.78, 5) is 13.0. The van der Waals surface area contributed by atoms with Crippen molar-refractivity contribution < 1.29 is 13.2 Å². The van der Waals surface area contributed by atoms with Gasteiger partial charge in [0, 0.05) is 12.7 Å². The van der Waals surface area contributed by atoms with Gasteiger partial charge in [-0.1, -0.05) is 30.7 Å². The van der Waals surface area contributed by atoms with Gasteiger partial charge in [-0.15, -0.1) is 10.2 Å². The van der Waals surface area contributed by atoms with Crippen LogP contribution in [0.25, 0.3) is 5.65 Å². The third-order valence-corrected chi connectivity index (χ3v) is 6.83. The number of nitrogens with one attached hydrogen (secondary N) is 1. The number of sulfonamides is 1. The summed E-state index contributed by atoms with van der Waals surface area (Å²) in [5.41, 5.74) is 0.692. The van der Waals surface area contributed by atoms with Gasteiger partial charge in [0.15, 0.2) is 11.5 Å². The fourth-order valence-corrected chi connectivity index (χ4v) is 5.16. The fourth-order valence-electron chi connectivity index (χ4n) is 3.48. The van der Waals surface area contributed by atoms with Crippen LogP contribution in [0, 0.1) is 0 Å². The van der Waals surface area contributed by atoms with Crippen LogP contribution in [0.1, 0.15) is 25.1 Å². The molecule has 1 aliphatic rings. The van der Waals surface area contributed by atoms with E-state index in [1.165, 1.54) is 4.31 Å². The molecule has 3 heterocycles. The van der Waals surface area contributed by atoms with Gasteiger partial charge < -0.3 is 5.32 Å². The Bertz CT molecular complexity index is 1080. The predicted molar refractivity (Wildman–Crippen MR) is 103 cm³/mol. The largest absolute Gasteiger partial charge is 0.347 e. The van der Waals surface area contributed by atoms with Gasteiger partial charge in [0.1, 0.15) is 6.04 Å². The highest BCUT2D eigenvalue weighted by Gasteiger charge is 2.37. The van der Waals surface area contributed by atoms with Crippen LogP contribution >= 0.6 is 0 Å². The summed E-state index contributed by atoms with van der Waals surface area (Å²) in [5, 5.41) is 11.0.